The molecule has 3 rings (SSSR count). The highest BCUT2D eigenvalue weighted by Gasteiger charge is 2.18. The molecule has 106 valence electrons. The second-order valence-electron chi connectivity index (χ2n) is 5.53. The topological polar surface area (TPSA) is 29.9 Å². The van der Waals surface area contributed by atoms with E-state index in [2.05, 4.69) is 46.9 Å². The number of hydrogen-bond acceptors (Lipinski definition) is 2. The molecule has 1 aromatic carbocycles. The fraction of sp³-hybridized carbons (Fsp3) is 0.471. The van der Waals surface area contributed by atoms with Crippen molar-refractivity contribution in [1.82, 2.24) is 9.55 Å². The van der Waals surface area contributed by atoms with E-state index >= 15 is 0 Å². The van der Waals surface area contributed by atoms with Crippen LogP contribution in [0, 0.1) is 0 Å². The molecule has 20 heavy (non-hydrogen) atoms. The molecule has 0 fully saturated rings. The molecular weight excluding hydrogens is 246 g/mol. The first-order valence-corrected chi connectivity index (χ1v) is 7.73. The summed E-state index contributed by atoms with van der Waals surface area (Å²) in [5.41, 5.74) is 5.29. The van der Waals surface area contributed by atoms with Crippen molar-refractivity contribution in [2.45, 2.75) is 45.6 Å². The van der Waals surface area contributed by atoms with Crippen molar-refractivity contribution in [2.24, 2.45) is 0 Å². The van der Waals surface area contributed by atoms with Crippen molar-refractivity contribution < 1.29 is 0 Å². The highest BCUT2D eigenvalue weighted by Crippen LogP contribution is 2.35. The summed E-state index contributed by atoms with van der Waals surface area (Å²) >= 11 is 0. The Bertz CT molecular complexity index is 582. The molecule has 2 aromatic rings. The van der Waals surface area contributed by atoms with Crippen molar-refractivity contribution in [1.29, 1.82) is 0 Å². The quantitative estimate of drug-likeness (QED) is 0.898. The maximum absolute atomic E-state index is 4.40. The highest BCUT2D eigenvalue weighted by atomic mass is 15.1. The largest absolute Gasteiger partial charge is 0.384 e. The van der Waals surface area contributed by atoms with E-state index in [-0.39, 0.29) is 0 Å². The first-order chi connectivity index (χ1) is 9.85. The van der Waals surface area contributed by atoms with Crippen LogP contribution in [0.15, 0.2) is 30.7 Å². The van der Waals surface area contributed by atoms with Crippen LogP contribution in [0.2, 0.25) is 0 Å². The molecule has 0 atom stereocenters. The third kappa shape index (κ3) is 2.21. The van der Waals surface area contributed by atoms with E-state index in [4.69, 9.17) is 0 Å². The van der Waals surface area contributed by atoms with E-state index in [1.807, 2.05) is 12.5 Å². The molecule has 1 aromatic heterocycles. The Morgan fingerprint density at radius 2 is 2.15 bits per heavy atom. The Labute approximate surface area is 121 Å². The molecule has 0 amide bonds. The number of benzene rings is 1. The first-order valence-electron chi connectivity index (χ1n) is 7.73. The Morgan fingerprint density at radius 1 is 1.30 bits per heavy atom. The number of fused-ring (bicyclic) bond motifs is 1. The van der Waals surface area contributed by atoms with E-state index in [1.165, 1.54) is 35.3 Å². The monoisotopic (exact) mass is 269 g/mol. The minimum absolute atomic E-state index is 0.534. The number of rotatable bonds is 4. The zero-order valence-electron chi connectivity index (χ0n) is 12.4. The van der Waals surface area contributed by atoms with Gasteiger partial charge in [-0.2, -0.15) is 0 Å². The summed E-state index contributed by atoms with van der Waals surface area (Å²) in [5, 5.41) is 3.58. The predicted octanol–water partition coefficient (Wildman–Crippen LogP) is 4.27. The van der Waals surface area contributed by atoms with E-state index < -0.39 is 0 Å². The van der Waals surface area contributed by atoms with Gasteiger partial charge < -0.3 is 9.88 Å². The summed E-state index contributed by atoms with van der Waals surface area (Å²) in [5.74, 6) is 0. The van der Waals surface area contributed by atoms with Crippen molar-refractivity contribution in [3.8, 4) is 11.3 Å². The van der Waals surface area contributed by atoms with Gasteiger partial charge in [-0.15, -0.1) is 0 Å². The Kier molecular flexibility index (Phi) is 3.77. The van der Waals surface area contributed by atoms with Crippen LogP contribution >= 0.6 is 0 Å². The second-order valence-corrected chi connectivity index (χ2v) is 5.53. The molecule has 0 spiro atoms. The van der Waals surface area contributed by atoms with Crippen LogP contribution in [0.25, 0.3) is 11.3 Å². The van der Waals surface area contributed by atoms with Gasteiger partial charge in [0.05, 0.1) is 18.2 Å². The third-order valence-electron chi connectivity index (χ3n) is 4.35. The van der Waals surface area contributed by atoms with E-state index in [9.17, 15) is 0 Å². The van der Waals surface area contributed by atoms with Crippen LogP contribution in [0.1, 0.15) is 44.7 Å². The minimum atomic E-state index is 0.534. The number of aryl methyl sites for hydroxylation is 1. The lowest BCUT2D eigenvalue weighted by Crippen LogP contribution is -2.14. The zero-order chi connectivity index (χ0) is 13.9. The highest BCUT2D eigenvalue weighted by molar-refractivity contribution is 5.79. The summed E-state index contributed by atoms with van der Waals surface area (Å²) in [6.07, 6.45) is 8.67. The number of imidazole rings is 1. The van der Waals surface area contributed by atoms with Crippen molar-refractivity contribution >= 4 is 5.69 Å². The van der Waals surface area contributed by atoms with Crippen LogP contribution < -0.4 is 5.32 Å². The van der Waals surface area contributed by atoms with Crippen LogP contribution in [0.3, 0.4) is 0 Å². The van der Waals surface area contributed by atoms with Gasteiger partial charge in [-0.1, -0.05) is 32.0 Å². The molecule has 0 saturated heterocycles. The summed E-state index contributed by atoms with van der Waals surface area (Å²) in [6, 6.07) is 7.16. The fourth-order valence-electron chi connectivity index (χ4n) is 3.21. The zero-order valence-corrected chi connectivity index (χ0v) is 12.4. The molecule has 0 aliphatic carbocycles. The number of para-hydroxylation sites is 1. The van der Waals surface area contributed by atoms with Crippen LogP contribution in [-0.2, 0) is 6.42 Å². The van der Waals surface area contributed by atoms with E-state index in [0.29, 0.717) is 6.04 Å². The van der Waals surface area contributed by atoms with Crippen LogP contribution in [0.4, 0.5) is 5.69 Å². The Hall–Kier alpha value is -1.77. The van der Waals surface area contributed by atoms with Gasteiger partial charge in [-0.25, -0.2) is 4.98 Å². The lowest BCUT2D eigenvalue weighted by molar-refractivity contribution is 0.475. The second kappa shape index (κ2) is 5.70. The molecule has 1 aliphatic rings. The molecule has 0 bridgehead atoms. The third-order valence-corrected chi connectivity index (χ3v) is 4.35. The SMILES string of the molecule is CCC(CC)n1cncc1-c1cccc2c1NCCC2. The molecule has 1 aliphatic heterocycles. The van der Waals surface area contributed by atoms with Gasteiger partial charge in [0.2, 0.25) is 0 Å². The van der Waals surface area contributed by atoms with Crippen molar-refractivity contribution in [3.63, 3.8) is 0 Å². The molecule has 3 heteroatoms. The predicted molar refractivity (Wildman–Crippen MR) is 84.1 cm³/mol. The Balaban J connectivity index is 2.08. The van der Waals surface area contributed by atoms with Crippen LogP contribution in [-0.4, -0.2) is 16.1 Å². The number of hydrogen-bond donors (Lipinski definition) is 1. The van der Waals surface area contributed by atoms with Gasteiger partial charge in [0.25, 0.3) is 0 Å². The smallest absolute Gasteiger partial charge is 0.0953 e. The maximum atomic E-state index is 4.40. The molecule has 0 radical (unpaired) electrons. The summed E-state index contributed by atoms with van der Waals surface area (Å²) in [6.45, 7) is 5.57. The number of aromatic nitrogens is 2. The normalized spacial score (nSPS) is 14.2. The molecule has 0 unspecified atom stereocenters. The van der Waals surface area contributed by atoms with Gasteiger partial charge in [0.1, 0.15) is 0 Å². The van der Waals surface area contributed by atoms with Gasteiger partial charge in [-0.05, 0) is 31.2 Å². The summed E-state index contributed by atoms with van der Waals surface area (Å²) < 4.78 is 2.34. The van der Waals surface area contributed by atoms with E-state index in [1.54, 1.807) is 0 Å². The standard InChI is InChI=1S/C17H23N3/c1-3-14(4-2)20-12-18-11-16(20)15-9-5-7-13-8-6-10-19-17(13)15/h5,7,9,11-12,14,19H,3-4,6,8,10H2,1-2H3. The maximum Gasteiger partial charge on any atom is 0.0953 e. The molecule has 1 N–H and O–H groups in total. The number of anilines is 1. The van der Waals surface area contributed by atoms with Gasteiger partial charge in [0.15, 0.2) is 0 Å². The lowest BCUT2D eigenvalue weighted by atomic mass is 9.97. The van der Waals surface area contributed by atoms with Crippen LogP contribution in [0.5, 0.6) is 0 Å². The molecule has 3 nitrogen and oxygen atoms in total. The van der Waals surface area contributed by atoms with Crippen molar-refractivity contribution in [3.05, 3.63) is 36.3 Å². The molecule has 2 heterocycles. The van der Waals surface area contributed by atoms with Crippen molar-refractivity contribution in [2.75, 3.05) is 11.9 Å². The van der Waals surface area contributed by atoms with Gasteiger partial charge in [0, 0.05) is 23.8 Å². The average molecular weight is 269 g/mol. The molecular formula is C17H23N3. The fourth-order valence-corrected chi connectivity index (χ4v) is 3.21. The number of nitrogens with zero attached hydrogens (tertiary/aromatic N) is 2. The lowest BCUT2D eigenvalue weighted by Gasteiger charge is -2.23. The minimum Gasteiger partial charge on any atom is -0.384 e. The van der Waals surface area contributed by atoms with E-state index in [0.717, 1.165) is 19.4 Å². The molecule has 0 saturated carbocycles. The van der Waals surface area contributed by atoms with Gasteiger partial charge >= 0.3 is 0 Å². The number of nitrogens with one attached hydrogen (secondary N) is 1. The Morgan fingerprint density at radius 3 is 2.95 bits per heavy atom. The summed E-state index contributed by atoms with van der Waals surface area (Å²) in [4.78, 5) is 4.40. The first kappa shape index (κ1) is 13.2. The van der Waals surface area contributed by atoms with Gasteiger partial charge in [-0.3, -0.25) is 0 Å². The summed E-state index contributed by atoms with van der Waals surface area (Å²) in [7, 11) is 0. The average Bonchev–Trinajstić information content (AvgIpc) is 2.97.